The van der Waals surface area contributed by atoms with E-state index in [9.17, 15) is 10.2 Å². The Morgan fingerprint density at radius 1 is 0.720 bits per heavy atom. The van der Waals surface area contributed by atoms with Crippen molar-refractivity contribution in [2.24, 2.45) is 0 Å². The zero-order valence-corrected chi connectivity index (χ0v) is 14.1. The van der Waals surface area contributed by atoms with E-state index in [-0.39, 0.29) is 6.42 Å². The lowest BCUT2D eigenvalue weighted by Gasteiger charge is -2.34. The molecule has 3 nitrogen and oxygen atoms in total. The van der Waals surface area contributed by atoms with Crippen molar-refractivity contribution in [3.8, 4) is 0 Å². The summed E-state index contributed by atoms with van der Waals surface area (Å²) in [5.41, 5.74) is 5.74. The van der Waals surface area contributed by atoms with Crippen molar-refractivity contribution in [1.29, 1.82) is 0 Å². The Kier molecular flexibility index (Phi) is 4.04. The van der Waals surface area contributed by atoms with Crippen LogP contribution in [0.5, 0.6) is 0 Å². The lowest BCUT2D eigenvalue weighted by Crippen LogP contribution is -2.20. The molecule has 1 aliphatic heterocycles. The van der Waals surface area contributed by atoms with Crippen LogP contribution in [0.15, 0.2) is 72.8 Å². The minimum atomic E-state index is -0.715. The van der Waals surface area contributed by atoms with Gasteiger partial charge >= 0.3 is 0 Å². The van der Waals surface area contributed by atoms with Gasteiger partial charge in [-0.3, -0.25) is 0 Å². The van der Waals surface area contributed by atoms with Crippen LogP contribution >= 0.6 is 0 Å². The molecule has 2 N–H and O–H groups in total. The van der Waals surface area contributed by atoms with Crippen LogP contribution in [0.25, 0.3) is 0 Å². The van der Waals surface area contributed by atoms with E-state index in [4.69, 9.17) is 0 Å². The maximum atomic E-state index is 10.7. The summed E-state index contributed by atoms with van der Waals surface area (Å²) in [5, 5.41) is 21.4. The normalized spacial score (nSPS) is 19.6. The maximum Gasteiger partial charge on any atom is 0.0838 e. The summed E-state index contributed by atoms with van der Waals surface area (Å²) >= 11 is 0. The lowest BCUT2D eigenvalue weighted by atomic mass is 9.92. The molecule has 0 saturated heterocycles. The maximum absolute atomic E-state index is 10.7. The first kappa shape index (κ1) is 15.9. The number of hydrogen-bond donors (Lipinski definition) is 2. The van der Waals surface area contributed by atoms with Crippen LogP contribution in [-0.2, 0) is 0 Å². The van der Waals surface area contributed by atoms with Gasteiger partial charge in [0.2, 0.25) is 0 Å². The number of hydrogen-bond acceptors (Lipinski definition) is 3. The smallest absolute Gasteiger partial charge is 0.0838 e. The quantitative estimate of drug-likeness (QED) is 0.664. The Balaban J connectivity index is 2.00. The Morgan fingerprint density at radius 3 is 1.72 bits per heavy atom. The zero-order chi connectivity index (χ0) is 17.4. The van der Waals surface area contributed by atoms with Gasteiger partial charge in [-0.25, -0.2) is 0 Å². The van der Waals surface area contributed by atoms with Gasteiger partial charge < -0.3 is 15.1 Å². The van der Waals surface area contributed by atoms with Crippen LogP contribution in [0.4, 0.5) is 17.1 Å². The van der Waals surface area contributed by atoms with Gasteiger partial charge in [-0.2, -0.15) is 0 Å². The molecule has 0 aliphatic carbocycles. The SMILES string of the molecule is Cc1ccc(N2c3ccccc3C(O)CC(O)c3ccccc32)cc1. The molecule has 1 aliphatic rings. The number of para-hydroxylation sites is 2. The van der Waals surface area contributed by atoms with Crippen molar-refractivity contribution < 1.29 is 10.2 Å². The van der Waals surface area contributed by atoms with Gasteiger partial charge in [-0.05, 0) is 31.2 Å². The molecule has 3 aromatic rings. The van der Waals surface area contributed by atoms with E-state index in [0.29, 0.717) is 0 Å². The Labute approximate surface area is 147 Å². The standard InChI is InChI=1S/C22H21NO2/c1-15-10-12-16(13-11-15)23-19-8-4-2-6-17(19)21(24)14-22(25)18-7-3-5-9-20(18)23/h2-13,21-22,24-25H,14H2,1H3. The van der Waals surface area contributed by atoms with E-state index in [1.54, 1.807) is 0 Å². The largest absolute Gasteiger partial charge is 0.388 e. The molecule has 0 saturated carbocycles. The summed E-state index contributed by atoms with van der Waals surface area (Å²) in [6.45, 7) is 2.06. The number of benzene rings is 3. The van der Waals surface area contributed by atoms with Gasteiger partial charge in [0, 0.05) is 23.2 Å². The first-order valence-electron chi connectivity index (χ1n) is 8.56. The van der Waals surface area contributed by atoms with Crippen LogP contribution < -0.4 is 4.90 Å². The highest BCUT2D eigenvalue weighted by atomic mass is 16.3. The fraction of sp³-hybridized carbons (Fsp3) is 0.182. The Morgan fingerprint density at radius 2 is 1.20 bits per heavy atom. The molecule has 0 amide bonds. The van der Waals surface area contributed by atoms with E-state index in [1.165, 1.54) is 5.56 Å². The first-order chi connectivity index (χ1) is 12.1. The summed E-state index contributed by atoms with van der Waals surface area (Å²) < 4.78 is 0. The number of rotatable bonds is 1. The fourth-order valence-corrected chi connectivity index (χ4v) is 3.51. The second-order valence-corrected chi connectivity index (χ2v) is 6.56. The topological polar surface area (TPSA) is 43.7 Å². The number of aliphatic hydroxyl groups is 2. The third kappa shape index (κ3) is 2.82. The number of fused-ring (bicyclic) bond motifs is 2. The number of aliphatic hydroxyl groups excluding tert-OH is 2. The summed E-state index contributed by atoms with van der Waals surface area (Å²) in [5.74, 6) is 0. The molecule has 2 atom stereocenters. The van der Waals surface area contributed by atoms with Crippen molar-refractivity contribution in [2.75, 3.05) is 4.90 Å². The molecule has 1 heterocycles. The van der Waals surface area contributed by atoms with Crippen molar-refractivity contribution in [2.45, 2.75) is 25.6 Å². The fourth-order valence-electron chi connectivity index (χ4n) is 3.51. The lowest BCUT2D eigenvalue weighted by molar-refractivity contribution is 0.0802. The van der Waals surface area contributed by atoms with Crippen molar-refractivity contribution >= 4 is 17.1 Å². The van der Waals surface area contributed by atoms with Crippen LogP contribution in [0.2, 0.25) is 0 Å². The van der Waals surface area contributed by atoms with Gasteiger partial charge in [0.05, 0.1) is 23.6 Å². The number of anilines is 3. The second-order valence-electron chi connectivity index (χ2n) is 6.56. The summed E-state index contributed by atoms with van der Waals surface area (Å²) in [4.78, 5) is 2.12. The number of aryl methyl sites for hydroxylation is 1. The second kappa shape index (κ2) is 6.36. The molecule has 0 spiro atoms. The molecule has 0 aromatic heterocycles. The third-order valence-corrected chi connectivity index (χ3v) is 4.81. The predicted octanol–water partition coefficient (Wildman–Crippen LogP) is 4.94. The first-order valence-corrected chi connectivity index (χ1v) is 8.56. The molecular formula is C22H21NO2. The molecule has 0 bridgehead atoms. The Hall–Kier alpha value is -2.62. The zero-order valence-electron chi connectivity index (χ0n) is 14.1. The highest BCUT2D eigenvalue weighted by Gasteiger charge is 2.28. The molecule has 25 heavy (non-hydrogen) atoms. The van der Waals surface area contributed by atoms with Gasteiger partial charge in [0.1, 0.15) is 0 Å². The van der Waals surface area contributed by atoms with Crippen molar-refractivity contribution in [3.63, 3.8) is 0 Å². The van der Waals surface area contributed by atoms with Crippen molar-refractivity contribution in [3.05, 3.63) is 89.5 Å². The van der Waals surface area contributed by atoms with Gasteiger partial charge in [0.25, 0.3) is 0 Å². The van der Waals surface area contributed by atoms with E-state index in [0.717, 1.165) is 28.2 Å². The van der Waals surface area contributed by atoms with Gasteiger partial charge in [0.15, 0.2) is 0 Å². The van der Waals surface area contributed by atoms with Crippen LogP contribution in [-0.4, -0.2) is 10.2 Å². The summed E-state index contributed by atoms with van der Waals surface area (Å²) in [7, 11) is 0. The minimum Gasteiger partial charge on any atom is -0.388 e. The van der Waals surface area contributed by atoms with E-state index in [1.807, 2.05) is 48.5 Å². The third-order valence-electron chi connectivity index (χ3n) is 4.81. The average molecular weight is 331 g/mol. The average Bonchev–Trinajstić information content (AvgIpc) is 2.63. The molecule has 126 valence electrons. The Bertz CT molecular complexity index is 837. The van der Waals surface area contributed by atoms with E-state index < -0.39 is 12.2 Å². The molecule has 2 unspecified atom stereocenters. The predicted molar refractivity (Wildman–Crippen MR) is 100 cm³/mol. The van der Waals surface area contributed by atoms with Crippen LogP contribution in [0.3, 0.4) is 0 Å². The molecule has 0 fully saturated rings. The van der Waals surface area contributed by atoms with Gasteiger partial charge in [-0.1, -0.05) is 54.1 Å². The highest BCUT2D eigenvalue weighted by molar-refractivity contribution is 5.81. The summed E-state index contributed by atoms with van der Waals surface area (Å²) in [6, 6.07) is 24.0. The number of nitrogens with zero attached hydrogens (tertiary/aromatic N) is 1. The van der Waals surface area contributed by atoms with Crippen LogP contribution in [0, 0.1) is 6.92 Å². The minimum absolute atomic E-state index is 0.287. The van der Waals surface area contributed by atoms with Crippen molar-refractivity contribution in [1.82, 2.24) is 0 Å². The molecule has 4 rings (SSSR count). The molecule has 0 radical (unpaired) electrons. The van der Waals surface area contributed by atoms with Crippen LogP contribution in [0.1, 0.15) is 35.3 Å². The van der Waals surface area contributed by atoms with E-state index in [2.05, 4.69) is 36.1 Å². The highest BCUT2D eigenvalue weighted by Crippen LogP contribution is 2.45. The summed E-state index contributed by atoms with van der Waals surface area (Å²) in [6.07, 6.45) is -1.14. The molecular weight excluding hydrogens is 310 g/mol. The van der Waals surface area contributed by atoms with E-state index >= 15 is 0 Å². The molecule has 3 aromatic carbocycles. The van der Waals surface area contributed by atoms with Gasteiger partial charge in [-0.15, -0.1) is 0 Å². The monoisotopic (exact) mass is 331 g/mol. The molecule has 3 heteroatoms.